The van der Waals surface area contributed by atoms with E-state index in [9.17, 15) is 0 Å². The molecule has 0 atom stereocenters. The van der Waals surface area contributed by atoms with E-state index in [4.69, 9.17) is 0 Å². The van der Waals surface area contributed by atoms with Crippen molar-refractivity contribution >= 4 is 11.9 Å². The van der Waals surface area contributed by atoms with Gasteiger partial charge in [0, 0.05) is 24.5 Å². The molecule has 0 heterocycles. The van der Waals surface area contributed by atoms with E-state index < -0.39 is 0 Å². The Labute approximate surface area is 113 Å². The zero-order valence-electron chi connectivity index (χ0n) is 10.3. The molecule has 0 radical (unpaired) electrons. The van der Waals surface area contributed by atoms with Crippen molar-refractivity contribution in [1.29, 1.82) is 0 Å². The summed E-state index contributed by atoms with van der Waals surface area (Å²) in [6, 6.07) is 20.8. The molecule has 2 nitrogen and oxygen atoms in total. The highest BCUT2D eigenvalue weighted by Crippen LogP contribution is 2.11. The fourth-order valence-corrected chi connectivity index (χ4v) is 2.25. The van der Waals surface area contributed by atoms with Gasteiger partial charge in [0.25, 0.3) is 0 Å². The Morgan fingerprint density at radius 3 is 2.17 bits per heavy atom. The smallest absolute Gasteiger partial charge is 0.0228 e. The van der Waals surface area contributed by atoms with Gasteiger partial charge in [-0.3, -0.25) is 4.72 Å². The van der Waals surface area contributed by atoms with Crippen LogP contribution in [-0.4, -0.2) is 13.1 Å². The number of nitrogens with one attached hydrogen (secondary N) is 2. The highest BCUT2D eigenvalue weighted by molar-refractivity contribution is 7.97. The highest BCUT2D eigenvalue weighted by Gasteiger charge is 1.92. The normalized spacial score (nSPS) is 10.4. The van der Waals surface area contributed by atoms with E-state index >= 15 is 0 Å². The van der Waals surface area contributed by atoms with Crippen molar-refractivity contribution in [1.82, 2.24) is 10.0 Å². The van der Waals surface area contributed by atoms with E-state index in [2.05, 4.69) is 58.6 Å². The molecule has 2 aromatic rings. The zero-order chi connectivity index (χ0) is 12.5. The van der Waals surface area contributed by atoms with E-state index in [0.717, 1.165) is 19.6 Å². The van der Waals surface area contributed by atoms with Gasteiger partial charge in [-0.15, -0.1) is 0 Å². The topological polar surface area (TPSA) is 24.1 Å². The molecule has 94 valence electrons. The lowest BCUT2D eigenvalue weighted by atomic mass is 10.2. The molecular weight excluding hydrogens is 240 g/mol. The van der Waals surface area contributed by atoms with E-state index in [1.54, 1.807) is 11.9 Å². The summed E-state index contributed by atoms with van der Waals surface area (Å²) in [5.74, 6) is 0. The van der Waals surface area contributed by atoms with Crippen LogP contribution in [-0.2, 0) is 6.54 Å². The fraction of sp³-hybridized carbons (Fsp3) is 0.200. The van der Waals surface area contributed by atoms with Crippen LogP contribution in [0.25, 0.3) is 0 Å². The molecule has 0 aliphatic heterocycles. The molecule has 0 unspecified atom stereocenters. The molecular formula is C15H18N2S. The largest absolute Gasteiger partial charge is 0.311 e. The van der Waals surface area contributed by atoms with Gasteiger partial charge in [-0.25, -0.2) is 0 Å². The average Bonchev–Trinajstić information content (AvgIpc) is 2.45. The Balaban J connectivity index is 1.54. The van der Waals surface area contributed by atoms with Gasteiger partial charge in [-0.05, 0) is 29.6 Å². The summed E-state index contributed by atoms with van der Waals surface area (Å²) in [5.41, 5.74) is 1.33. The third-order valence-corrected chi connectivity index (χ3v) is 3.37. The maximum absolute atomic E-state index is 3.41. The van der Waals surface area contributed by atoms with Gasteiger partial charge in [0.1, 0.15) is 0 Å². The third kappa shape index (κ3) is 4.92. The van der Waals surface area contributed by atoms with Crippen molar-refractivity contribution in [3.63, 3.8) is 0 Å². The summed E-state index contributed by atoms with van der Waals surface area (Å²) in [7, 11) is 0. The molecule has 0 saturated heterocycles. The van der Waals surface area contributed by atoms with Gasteiger partial charge < -0.3 is 5.32 Å². The number of benzene rings is 2. The quantitative estimate of drug-likeness (QED) is 0.589. The second kappa shape index (κ2) is 7.93. The first-order chi connectivity index (χ1) is 8.95. The maximum Gasteiger partial charge on any atom is 0.0228 e. The van der Waals surface area contributed by atoms with Crippen molar-refractivity contribution in [3.05, 3.63) is 66.2 Å². The van der Waals surface area contributed by atoms with Gasteiger partial charge in [0.15, 0.2) is 0 Å². The van der Waals surface area contributed by atoms with Gasteiger partial charge in [0.2, 0.25) is 0 Å². The molecule has 0 spiro atoms. The monoisotopic (exact) mass is 258 g/mol. The number of hydrogen-bond donors (Lipinski definition) is 2. The molecule has 0 aromatic heterocycles. The predicted octanol–water partition coefficient (Wildman–Crippen LogP) is 3.07. The van der Waals surface area contributed by atoms with Gasteiger partial charge >= 0.3 is 0 Å². The van der Waals surface area contributed by atoms with Crippen LogP contribution in [0.15, 0.2) is 65.6 Å². The molecule has 0 fully saturated rings. The van der Waals surface area contributed by atoms with Crippen LogP contribution in [0.5, 0.6) is 0 Å². The minimum absolute atomic E-state index is 0.929. The van der Waals surface area contributed by atoms with E-state index in [1.165, 1.54) is 10.5 Å². The van der Waals surface area contributed by atoms with Crippen molar-refractivity contribution in [2.75, 3.05) is 13.1 Å². The molecule has 2 N–H and O–H groups in total. The van der Waals surface area contributed by atoms with Crippen LogP contribution in [0.4, 0.5) is 0 Å². The summed E-state index contributed by atoms with van der Waals surface area (Å²) in [5, 5.41) is 3.41. The molecule has 0 bridgehead atoms. The van der Waals surface area contributed by atoms with Crippen LogP contribution in [0.3, 0.4) is 0 Å². The molecule has 18 heavy (non-hydrogen) atoms. The Morgan fingerprint density at radius 1 is 0.778 bits per heavy atom. The molecule has 0 saturated carbocycles. The Kier molecular flexibility index (Phi) is 5.79. The predicted molar refractivity (Wildman–Crippen MR) is 78.5 cm³/mol. The lowest BCUT2D eigenvalue weighted by Gasteiger charge is -2.06. The van der Waals surface area contributed by atoms with E-state index in [-0.39, 0.29) is 0 Å². The Bertz CT molecular complexity index is 387. The first-order valence-corrected chi connectivity index (χ1v) is 6.96. The van der Waals surface area contributed by atoms with Crippen LogP contribution in [0.1, 0.15) is 5.56 Å². The highest BCUT2D eigenvalue weighted by atomic mass is 32.2. The second-order valence-corrected chi connectivity index (χ2v) is 4.94. The van der Waals surface area contributed by atoms with Gasteiger partial charge in [-0.1, -0.05) is 48.5 Å². The summed E-state index contributed by atoms with van der Waals surface area (Å²) in [6.45, 7) is 2.85. The molecule has 0 aliphatic rings. The number of hydrogen-bond acceptors (Lipinski definition) is 3. The van der Waals surface area contributed by atoms with Crippen LogP contribution in [0, 0.1) is 0 Å². The number of rotatable bonds is 7. The first kappa shape index (κ1) is 13.1. The minimum atomic E-state index is 0.929. The van der Waals surface area contributed by atoms with E-state index in [1.807, 2.05) is 12.1 Å². The van der Waals surface area contributed by atoms with Crippen LogP contribution >= 0.6 is 11.9 Å². The molecule has 2 aromatic carbocycles. The SMILES string of the molecule is c1ccc(CNCCNSc2ccccc2)cc1. The Morgan fingerprint density at radius 2 is 1.44 bits per heavy atom. The maximum atomic E-state index is 3.41. The standard InChI is InChI=1S/C15H18N2S/c1-3-7-14(8-4-1)13-16-11-12-17-18-15-9-5-2-6-10-15/h1-10,16-17H,11-13H2. The summed E-state index contributed by atoms with van der Waals surface area (Å²) in [6.07, 6.45) is 0. The second-order valence-electron chi connectivity index (χ2n) is 3.97. The zero-order valence-corrected chi connectivity index (χ0v) is 11.1. The molecule has 0 aliphatic carbocycles. The van der Waals surface area contributed by atoms with Crippen LogP contribution < -0.4 is 10.0 Å². The van der Waals surface area contributed by atoms with Crippen molar-refractivity contribution < 1.29 is 0 Å². The van der Waals surface area contributed by atoms with Crippen molar-refractivity contribution in [2.24, 2.45) is 0 Å². The third-order valence-electron chi connectivity index (χ3n) is 2.51. The van der Waals surface area contributed by atoms with Gasteiger partial charge in [0.05, 0.1) is 0 Å². The van der Waals surface area contributed by atoms with Gasteiger partial charge in [-0.2, -0.15) is 0 Å². The molecule has 0 amide bonds. The lowest BCUT2D eigenvalue weighted by molar-refractivity contribution is 0.681. The lowest BCUT2D eigenvalue weighted by Crippen LogP contribution is -2.23. The molecule has 3 heteroatoms. The van der Waals surface area contributed by atoms with Crippen molar-refractivity contribution in [3.8, 4) is 0 Å². The summed E-state index contributed by atoms with van der Waals surface area (Å²) < 4.78 is 3.34. The molecule has 2 rings (SSSR count). The summed E-state index contributed by atoms with van der Waals surface area (Å²) in [4.78, 5) is 1.25. The minimum Gasteiger partial charge on any atom is -0.311 e. The fourth-order valence-electron chi connectivity index (χ4n) is 1.59. The average molecular weight is 258 g/mol. The Hall–Kier alpha value is -1.29. The first-order valence-electron chi connectivity index (χ1n) is 6.14. The van der Waals surface area contributed by atoms with Crippen molar-refractivity contribution in [2.45, 2.75) is 11.4 Å². The van der Waals surface area contributed by atoms with Crippen LogP contribution in [0.2, 0.25) is 0 Å². The van der Waals surface area contributed by atoms with E-state index in [0.29, 0.717) is 0 Å². The summed E-state index contributed by atoms with van der Waals surface area (Å²) >= 11 is 1.68.